The molecule has 0 saturated carbocycles. The van der Waals surface area contributed by atoms with Gasteiger partial charge in [0.1, 0.15) is 5.71 Å². The van der Waals surface area contributed by atoms with Gasteiger partial charge < -0.3 is 10.5 Å². The number of hydrogen-bond acceptors (Lipinski definition) is 3. The lowest BCUT2D eigenvalue weighted by Gasteiger charge is -2.02. The van der Waals surface area contributed by atoms with Gasteiger partial charge in [0, 0.05) is 6.54 Å². The Morgan fingerprint density at radius 3 is 2.56 bits per heavy atom. The number of carboxylic acids is 1. The van der Waals surface area contributed by atoms with E-state index in [1.54, 1.807) is 0 Å². The molecule has 0 aliphatic carbocycles. The minimum Gasteiger partial charge on any atom is -0.477 e. The van der Waals surface area contributed by atoms with Gasteiger partial charge in [-0.15, -0.1) is 0 Å². The predicted octanol–water partition coefficient (Wildman–Crippen LogP) is 1.59. The van der Waals surface area contributed by atoms with Crippen molar-refractivity contribution in [2.75, 3.05) is 6.54 Å². The highest BCUT2D eigenvalue weighted by molar-refractivity contribution is 6.34. The fourth-order valence-electron chi connectivity index (χ4n) is 1.18. The number of benzene rings is 1. The summed E-state index contributed by atoms with van der Waals surface area (Å²) in [5, 5.41) is 12.3. The maximum absolute atomic E-state index is 10.4. The van der Waals surface area contributed by atoms with Crippen LogP contribution >= 0.6 is 0 Å². The van der Waals surface area contributed by atoms with Gasteiger partial charge in [-0.25, -0.2) is 4.79 Å². The Morgan fingerprint density at radius 1 is 1.38 bits per heavy atom. The maximum Gasteiger partial charge on any atom is 0.351 e. The summed E-state index contributed by atoms with van der Waals surface area (Å²) < 4.78 is 0. The topological polar surface area (TPSA) is 61.7 Å². The molecule has 0 spiro atoms. The van der Waals surface area contributed by atoms with E-state index in [2.05, 4.69) is 34.8 Å². The molecular weight excluding hydrogens is 204 g/mol. The van der Waals surface area contributed by atoms with Crippen LogP contribution in [0.4, 0.5) is 0 Å². The van der Waals surface area contributed by atoms with E-state index < -0.39 is 5.97 Å². The van der Waals surface area contributed by atoms with Crippen LogP contribution in [-0.2, 0) is 11.2 Å². The molecule has 0 amide bonds. The van der Waals surface area contributed by atoms with E-state index in [4.69, 9.17) is 5.11 Å². The van der Waals surface area contributed by atoms with E-state index in [0.717, 1.165) is 6.42 Å². The van der Waals surface area contributed by atoms with Crippen LogP contribution in [0, 0.1) is 6.92 Å². The average Bonchev–Trinajstić information content (AvgIpc) is 2.26. The molecule has 16 heavy (non-hydrogen) atoms. The predicted molar refractivity (Wildman–Crippen MR) is 63.6 cm³/mol. The standard InChI is InChI=1S/C12H16N2O2/c1-9-3-5-11(6-4-9)7-8-13-14-10(2)12(15)16/h3-6,13H,7-8H2,1-2H3,(H,15,16). The van der Waals surface area contributed by atoms with E-state index in [-0.39, 0.29) is 5.71 Å². The Labute approximate surface area is 95.0 Å². The summed E-state index contributed by atoms with van der Waals surface area (Å²) in [6, 6.07) is 8.23. The van der Waals surface area contributed by atoms with Gasteiger partial charge in [-0.3, -0.25) is 0 Å². The molecule has 4 nitrogen and oxygen atoms in total. The summed E-state index contributed by atoms with van der Waals surface area (Å²) in [4.78, 5) is 10.4. The number of nitrogens with one attached hydrogen (secondary N) is 1. The Hall–Kier alpha value is -1.84. The van der Waals surface area contributed by atoms with Crippen LogP contribution in [0.1, 0.15) is 18.1 Å². The lowest BCUT2D eigenvalue weighted by Crippen LogP contribution is -2.17. The third-order valence-electron chi connectivity index (χ3n) is 2.20. The summed E-state index contributed by atoms with van der Waals surface area (Å²) in [6.45, 7) is 4.14. The van der Waals surface area contributed by atoms with Crippen molar-refractivity contribution in [2.24, 2.45) is 5.10 Å². The number of nitrogens with zero attached hydrogens (tertiary/aromatic N) is 1. The Bertz CT molecular complexity index is 383. The Morgan fingerprint density at radius 2 is 2.00 bits per heavy atom. The van der Waals surface area contributed by atoms with E-state index in [1.165, 1.54) is 18.1 Å². The molecule has 0 unspecified atom stereocenters. The minimum absolute atomic E-state index is 0.0731. The first-order valence-corrected chi connectivity index (χ1v) is 5.15. The van der Waals surface area contributed by atoms with Crippen molar-refractivity contribution >= 4 is 11.7 Å². The molecule has 0 radical (unpaired) electrons. The lowest BCUT2D eigenvalue weighted by molar-refractivity contribution is -0.129. The molecule has 1 aromatic rings. The van der Waals surface area contributed by atoms with E-state index >= 15 is 0 Å². The van der Waals surface area contributed by atoms with Gasteiger partial charge in [0.25, 0.3) is 0 Å². The first-order valence-electron chi connectivity index (χ1n) is 5.15. The monoisotopic (exact) mass is 220 g/mol. The zero-order valence-electron chi connectivity index (χ0n) is 9.53. The molecule has 0 atom stereocenters. The molecule has 4 heteroatoms. The van der Waals surface area contributed by atoms with Gasteiger partial charge in [-0.05, 0) is 25.8 Å². The largest absolute Gasteiger partial charge is 0.477 e. The maximum atomic E-state index is 10.4. The zero-order chi connectivity index (χ0) is 12.0. The summed E-state index contributed by atoms with van der Waals surface area (Å²) in [5.74, 6) is -0.997. The second-order valence-electron chi connectivity index (χ2n) is 3.65. The number of aliphatic carboxylic acids is 1. The molecule has 0 saturated heterocycles. The molecular formula is C12H16N2O2. The fourth-order valence-corrected chi connectivity index (χ4v) is 1.18. The van der Waals surface area contributed by atoms with Gasteiger partial charge in [0.2, 0.25) is 0 Å². The van der Waals surface area contributed by atoms with Crippen LogP contribution in [0.3, 0.4) is 0 Å². The van der Waals surface area contributed by atoms with Crippen molar-refractivity contribution in [3.8, 4) is 0 Å². The molecule has 0 heterocycles. The number of carboxylic acid groups (broad SMARTS) is 1. The van der Waals surface area contributed by atoms with Crippen LogP contribution in [0.5, 0.6) is 0 Å². The second kappa shape index (κ2) is 5.90. The van der Waals surface area contributed by atoms with Gasteiger partial charge >= 0.3 is 5.97 Å². The smallest absolute Gasteiger partial charge is 0.351 e. The number of hydrazone groups is 1. The van der Waals surface area contributed by atoms with Gasteiger partial charge in [0.15, 0.2) is 0 Å². The Kier molecular flexibility index (Phi) is 4.51. The highest BCUT2D eigenvalue weighted by Crippen LogP contribution is 2.02. The SMILES string of the molecule is CC(=NNCCc1ccc(C)cc1)C(=O)O. The lowest BCUT2D eigenvalue weighted by atomic mass is 10.1. The van der Waals surface area contributed by atoms with Crippen LogP contribution in [0.15, 0.2) is 29.4 Å². The van der Waals surface area contributed by atoms with Gasteiger partial charge in [0.05, 0.1) is 0 Å². The third-order valence-corrected chi connectivity index (χ3v) is 2.20. The molecule has 0 fully saturated rings. The minimum atomic E-state index is -0.997. The van der Waals surface area contributed by atoms with Crippen molar-refractivity contribution in [3.63, 3.8) is 0 Å². The average molecular weight is 220 g/mol. The molecule has 2 N–H and O–H groups in total. The molecule has 0 aliphatic rings. The zero-order valence-corrected chi connectivity index (χ0v) is 9.53. The summed E-state index contributed by atoms with van der Waals surface area (Å²) in [7, 11) is 0. The number of aryl methyl sites for hydroxylation is 1. The van der Waals surface area contributed by atoms with Crippen LogP contribution in [0.25, 0.3) is 0 Å². The summed E-state index contributed by atoms with van der Waals surface area (Å²) in [6.07, 6.45) is 0.830. The van der Waals surface area contributed by atoms with Crippen molar-refractivity contribution in [1.82, 2.24) is 5.43 Å². The van der Waals surface area contributed by atoms with Crippen molar-refractivity contribution in [1.29, 1.82) is 0 Å². The first kappa shape index (κ1) is 12.2. The molecule has 0 aliphatic heterocycles. The van der Waals surface area contributed by atoms with Crippen molar-refractivity contribution in [2.45, 2.75) is 20.3 Å². The molecule has 86 valence electrons. The number of hydrogen-bond donors (Lipinski definition) is 2. The van der Waals surface area contributed by atoms with E-state index in [1.807, 2.05) is 6.92 Å². The third kappa shape index (κ3) is 4.13. The van der Waals surface area contributed by atoms with Crippen LogP contribution in [-0.4, -0.2) is 23.3 Å². The second-order valence-corrected chi connectivity index (χ2v) is 3.65. The molecule has 1 aromatic carbocycles. The molecule has 0 aromatic heterocycles. The van der Waals surface area contributed by atoms with Crippen LogP contribution < -0.4 is 5.43 Å². The number of carbonyl (C=O) groups is 1. The Balaban J connectivity index is 2.34. The summed E-state index contributed by atoms with van der Waals surface area (Å²) in [5.41, 5.74) is 5.25. The van der Waals surface area contributed by atoms with Crippen molar-refractivity contribution < 1.29 is 9.90 Å². The molecule has 0 bridgehead atoms. The molecule has 1 rings (SSSR count). The normalized spacial score (nSPS) is 11.2. The van der Waals surface area contributed by atoms with Gasteiger partial charge in [-0.2, -0.15) is 5.10 Å². The van der Waals surface area contributed by atoms with Crippen molar-refractivity contribution in [3.05, 3.63) is 35.4 Å². The first-order chi connectivity index (χ1) is 7.59. The highest BCUT2D eigenvalue weighted by atomic mass is 16.4. The summed E-state index contributed by atoms with van der Waals surface area (Å²) >= 11 is 0. The van der Waals surface area contributed by atoms with E-state index in [0.29, 0.717) is 6.54 Å². The van der Waals surface area contributed by atoms with E-state index in [9.17, 15) is 4.79 Å². The van der Waals surface area contributed by atoms with Gasteiger partial charge in [-0.1, -0.05) is 29.8 Å². The highest BCUT2D eigenvalue weighted by Gasteiger charge is 1.99. The van der Waals surface area contributed by atoms with Crippen LogP contribution in [0.2, 0.25) is 0 Å². The fraction of sp³-hybridized carbons (Fsp3) is 0.333. The quantitative estimate of drug-likeness (QED) is 0.450. The number of rotatable bonds is 5.